The summed E-state index contributed by atoms with van der Waals surface area (Å²) >= 11 is 0. The Balaban J connectivity index is 1.34. The third-order valence-corrected chi connectivity index (χ3v) is 5.67. The van der Waals surface area contributed by atoms with E-state index in [1.165, 1.54) is 5.39 Å². The van der Waals surface area contributed by atoms with Crippen LogP contribution in [0.2, 0.25) is 0 Å². The minimum Gasteiger partial charge on any atom is -0.460 e. The van der Waals surface area contributed by atoms with Gasteiger partial charge in [-0.1, -0.05) is 18.2 Å². The molecule has 0 bridgehead atoms. The van der Waals surface area contributed by atoms with Gasteiger partial charge in [-0.15, -0.1) is 0 Å². The second-order valence-corrected chi connectivity index (χ2v) is 8.11. The van der Waals surface area contributed by atoms with Gasteiger partial charge in [-0.3, -0.25) is 4.90 Å². The molecule has 3 aromatic heterocycles. The summed E-state index contributed by atoms with van der Waals surface area (Å²) in [5.74, 6) is 1.40. The summed E-state index contributed by atoms with van der Waals surface area (Å²) < 4.78 is 8.02. The Morgan fingerprint density at radius 2 is 2.03 bits per heavy atom. The van der Waals surface area contributed by atoms with E-state index in [1.807, 2.05) is 22.9 Å². The molecule has 4 aromatic rings. The molecule has 1 fully saturated rings. The molecule has 1 atom stereocenters. The molecule has 5 rings (SSSR count). The maximum atomic E-state index is 6.01. The molecule has 1 aliphatic heterocycles. The van der Waals surface area contributed by atoms with E-state index < -0.39 is 0 Å². The quantitative estimate of drug-likeness (QED) is 0.504. The molecular weight excluding hydrogens is 364 g/mol. The van der Waals surface area contributed by atoms with E-state index in [9.17, 15) is 0 Å². The Morgan fingerprint density at radius 3 is 2.90 bits per heavy atom. The average Bonchev–Trinajstić information content (AvgIpc) is 3.42. The normalized spacial score (nSPS) is 17.8. The average molecular weight is 390 g/mol. The first kappa shape index (κ1) is 18.3. The van der Waals surface area contributed by atoms with Crippen LogP contribution in [0.4, 0.5) is 0 Å². The van der Waals surface area contributed by atoms with Crippen LogP contribution in [0.25, 0.3) is 22.1 Å². The highest BCUT2D eigenvalue weighted by molar-refractivity contribution is 5.77. The van der Waals surface area contributed by atoms with E-state index in [1.54, 1.807) is 12.4 Å². The lowest BCUT2D eigenvalue weighted by molar-refractivity contribution is 0.298. The zero-order valence-electron chi connectivity index (χ0n) is 17.0. The standard InChI is InChI=1S/C22H26N6O/c1-26(2)11-12-28-22-21(23-8-9-24-22)20(25-28)17-7-10-27(14-17)15-18-13-16-5-3-4-6-19(16)29-18/h3-6,8-9,13,17H,7,10-12,14-15H2,1-2H3/t17-/m1/s1. The van der Waals surface area contributed by atoms with Crippen LogP contribution >= 0.6 is 0 Å². The van der Waals surface area contributed by atoms with Gasteiger partial charge in [0.05, 0.1) is 18.8 Å². The van der Waals surface area contributed by atoms with Crippen LogP contribution in [-0.2, 0) is 13.1 Å². The molecule has 0 unspecified atom stereocenters. The van der Waals surface area contributed by atoms with E-state index in [-0.39, 0.29) is 0 Å². The van der Waals surface area contributed by atoms with E-state index in [0.29, 0.717) is 5.92 Å². The second kappa shape index (κ2) is 7.57. The van der Waals surface area contributed by atoms with E-state index in [0.717, 1.165) is 67.3 Å². The summed E-state index contributed by atoms with van der Waals surface area (Å²) in [6, 6.07) is 10.3. The van der Waals surface area contributed by atoms with Crippen LogP contribution in [-0.4, -0.2) is 63.3 Å². The number of benzene rings is 1. The fraction of sp³-hybridized carbons (Fsp3) is 0.409. The molecule has 0 aliphatic carbocycles. The molecule has 29 heavy (non-hydrogen) atoms. The molecule has 1 aliphatic rings. The maximum absolute atomic E-state index is 6.01. The number of likely N-dealkylation sites (N-methyl/N-ethyl adjacent to an activating group) is 1. The Labute approximate surface area is 169 Å². The zero-order chi connectivity index (χ0) is 19.8. The summed E-state index contributed by atoms with van der Waals surface area (Å²) in [6.45, 7) is 4.57. The number of hydrogen-bond acceptors (Lipinski definition) is 6. The minimum absolute atomic E-state index is 0.374. The molecule has 150 valence electrons. The topological polar surface area (TPSA) is 63.2 Å². The van der Waals surface area contributed by atoms with Gasteiger partial charge in [0.1, 0.15) is 16.9 Å². The van der Waals surface area contributed by atoms with Gasteiger partial charge in [0.2, 0.25) is 0 Å². The summed E-state index contributed by atoms with van der Waals surface area (Å²) in [4.78, 5) is 13.8. The van der Waals surface area contributed by atoms with Gasteiger partial charge in [-0.25, -0.2) is 14.6 Å². The molecule has 1 saturated heterocycles. The van der Waals surface area contributed by atoms with Crippen LogP contribution in [0.1, 0.15) is 23.8 Å². The molecule has 0 radical (unpaired) electrons. The predicted octanol–water partition coefficient (Wildman–Crippen LogP) is 3.12. The Morgan fingerprint density at radius 1 is 1.17 bits per heavy atom. The number of hydrogen-bond donors (Lipinski definition) is 0. The van der Waals surface area contributed by atoms with Gasteiger partial charge in [0.15, 0.2) is 5.65 Å². The highest BCUT2D eigenvalue weighted by Gasteiger charge is 2.29. The smallest absolute Gasteiger partial charge is 0.177 e. The van der Waals surface area contributed by atoms with E-state index >= 15 is 0 Å². The van der Waals surface area contributed by atoms with Crippen molar-refractivity contribution < 1.29 is 4.42 Å². The molecule has 1 aromatic carbocycles. The number of fused-ring (bicyclic) bond motifs is 2. The van der Waals surface area contributed by atoms with Crippen molar-refractivity contribution in [2.45, 2.75) is 25.4 Å². The van der Waals surface area contributed by atoms with Gasteiger partial charge in [-0.05, 0) is 39.2 Å². The first-order valence-electron chi connectivity index (χ1n) is 10.2. The number of para-hydroxylation sites is 1. The van der Waals surface area contributed by atoms with Crippen LogP contribution < -0.4 is 0 Å². The van der Waals surface area contributed by atoms with Crippen LogP contribution in [0, 0.1) is 0 Å². The van der Waals surface area contributed by atoms with Crippen molar-refractivity contribution in [1.82, 2.24) is 29.5 Å². The van der Waals surface area contributed by atoms with Crippen molar-refractivity contribution in [3.8, 4) is 0 Å². The fourth-order valence-corrected chi connectivity index (χ4v) is 4.19. The zero-order valence-corrected chi connectivity index (χ0v) is 17.0. The van der Waals surface area contributed by atoms with Gasteiger partial charge >= 0.3 is 0 Å². The molecule has 0 amide bonds. The predicted molar refractivity (Wildman–Crippen MR) is 113 cm³/mol. The summed E-state index contributed by atoms with van der Waals surface area (Å²) in [5.41, 5.74) is 3.88. The maximum Gasteiger partial charge on any atom is 0.177 e. The van der Waals surface area contributed by atoms with Gasteiger partial charge < -0.3 is 9.32 Å². The lowest BCUT2D eigenvalue weighted by Crippen LogP contribution is -2.20. The first-order valence-corrected chi connectivity index (χ1v) is 10.2. The summed E-state index contributed by atoms with van der Waals surface area (Å²) in [7, 11) is 4.15. The second-order valence-electron chi connectivity index (χ2n) is 8.11. The summed E-state index contributed by atoms with van der Waals surface area (Å²) in [5, 5.41) is 6.10. The highest BCUT2D eigenvalue weighted by Crippen LogP contribution is 2.31. The Kier molecular flexibility index (Phi) is 4.77. The molecule has 7 nitrogen and oxygen atoms in total. The van der Waals surface area contributed by atoms with Crippen LogP contribution in [0.3, 0.4) is 0 Å². The third kappa shape index (κ3) is 3.63. The lowest BCUT2D eigenvalue weighted by Gasteiger charge is -2.13. The van der Waals surface area contributed by atoms with E-state index in [4.69, 9.17) is 9.52 Å². The number of furan rings is 1. The molecule has 0 N–H and O–H groups in total. The molecular formula is C22H26N6O. The number of nitrogens with zero attached hydrogens (tertiary/aromatic N) is 6. The first-order chi connectivity index (χ1) is 14.2. The lowest BCUT2D eigenvalue weighted by atomic mass is 10.0. The van der Waals surface area contributed by atoms with Crippen LogP contribution in [0.5, 0.6) is 0 Å². The Hall–Kier alpha value is -2.77. The van der Waals surface area contributed by atoms with Crippen molar-refractivity contribution in [2.75, 3.05) is 33.7 Å². The fourth-order valence-electron chi connectivity index (χ4n) is 4.19. The monoisotopic (exact) mass is 390 g/mol. The Bertz CT molecular complexity index is 1100. The van der Waals surface area contributed by atoms with Crippen molar-refractivity contribution in [3.63, 3.8) is 0 Å². The van der Waals surface area contributed by atoms with E-state index in [2.05, 4.69) is 46.0 Å². The van der Waals surface area contributed by atoms with Crippen molar-refractivity contribution >= 4 is 22.1 Å². The van der Waals surface area contributed by atoms with Gasteiger partial charge in [0.25, 0.3) is 0 Å². The van der Waals surface area contributed by atoms with Gasteiger partial charge in [-0.2, -0.15) is 5.10 Å². The van der Waals surface area contributed by atoms with Crippen molar-refractivity contribution in [3.05, 3.63) is 54.2 Å². The molecule has 0 spiro atoms. The number of aromatic nitrogens is 4. The molecule has 4 heterocycles. The number of likely N-dealkylation sites (tertiary alicyclic amines) is 1. The van der Waals surface area contributed by atoms with Crippen LogP contribution in [0.15, 0.2) is 47.1 Å². The third-order valence-electron chi connectivity index (χ3n) is 5.67. The van der Waals surface area contributed by atoms with Crippen molar-refractivity contribution in [2.24, 2.45) is 0 Å². The number of rotatable bonds is 6. The highest BCUT2D eigenvalue weighted by atomic mass is 16.3. The van der Waals surface area contributed by atoms with Gasteiger partial charge in [0, 0.05) is 36.8 Å². The summed E-state index contributed by atoms with van der Waals surface area (Å²) in [6.07, 6.45) is 4.60. The largest absolute Gasteiger partial charge is 0.460 e. The molecule has 7 heteroatoms. The molecule has 0 saturated carbocycles. The van der Waals surface area contributed by atoms with Crippen molar-refractivity contribution in [1.29, 1.82) is 0 Å². The minimum atomic E-state index is 0.374. The SMILES string of the molecule is CN(C)CCn1nc([C@@H]2CCN(Cc3cc4ccccc4o3)C2)c2nccnc21.